The minimum atomic E-state index is -0.656. The number of hydrazone groups is 1. The Morgan fingerprint density at radius 2 is 1.77 bits per heavy atom. The molecule has 2 aromatic carbocycles. The lowest BCUT2D eigenvalue weighted by molar-refractivity contribution is 0.136. The summed E-state index contributed by atoms with van der Waals surface area (Å²) in [6.45, 7) is 1.06. The van der Waals surface area contributed by atoms with Gasteiger partial charge < -0.3 is 4.90 Å². The summed E-state index contributed by atoms with van der Waals surface area (Å²) in [6, 6.07) is 12.5. The van der Waals surface area contributed by atoms with Gasteiger partial charge in [0.2, 0.25) is 0 Å². The molecule has 0 N–H and O–H groups in total. The first-order chi connectivity index (χ1) is 12.6. The molecule has 1 atom stereocenters. The first-order valence-electron chi connectivity index (χ1n) is 8.41. The predicted octanol–water partition coefficient (Wildman–Crippen LogP) is 4.22. The first-order valence-corrected chi connectivity index (χ1v) is 8.41. The van der Waals surface area contributed by atoms with E-state index in [0.29, 0.717) is 25.1 Å². The molecule has 4 nitrogen and oxygen atoms in total. The minimum absolute atomic E-state index is 0.251. The van der Waals surface area contributed by atoms with E-state index in [-0.39, 0.29) is 6.03 Å². The van der Waals surface area contributed by atoms with Crippen LogP contribution in [0.1, 0.15) is 23.6 Å². The smallest absolute Gasteiger partial charge is 0.315 e. The first kappa shape index (κ1) is 16.4. The lowest BCUT2D eigenvalue weighted by Gasteiger charge is -2.37. The second-order valence-corrected chi connectivity index (χ2v) is 6.45. The Hall–Kier alpha value is -3.02. The average Bonchev–Trinajstić information content (AvgIpc) is 3.07. The van der Waals surface area contributed by atoms with Crippen molar-refractivity contribution in [2.45, 2.75) is 12.5 Å². The molecule has 1 fully saturated rings. The van der Waals surface area contributed by atoms with Crippen LogP contribution < -0.4 is 0 Å². The number of carbonyl (C=O) groups is 1. The number of nitrogens with zero attached hydrogens (tertiary/aromatic N) is 3. The molecule has 26 heavy (non-hydrogen) atoms. The van der Waals surface area contributed by atoms with E-state index in [1.54, 1.807) is 11.1 Å². The summed E-state index contributed by atoms with van der Waals surface area (Å²) in [6.07, 6.45) is 4.11. The largest absolute Gasteiger partial charge is 0.341 e. The maximum atomic E-state index is 13.5. The molecule has 2 aliphatic rings. The van der Waals surface area contributed by atoms with Gasteiger partial charge in [-0.05, 0) is 28.8 Å². The van der Waals surface area contributed by atoms with Gasteiger partial charge in [-0.3, -0.25) is 0 Å². The summed E-state index contributed by atoms with van der Waals surface area (Å²) in [5, 5.41) is 5.43. The number of amides is 2. The Morgan fingerprint density at radius 3 is 2.46 bits per heavy atom. The van der Waals surface area contributed by atoms with Gasteiger partial charge in [0, 0.05) is 31.8 Å². The Labute approximate surface area is 150 Å². The van der Waals surface area contributed by atoms with E-state index in [0.717, 1.165) is 17.2 Å². The summed E-state index contributed by atoms with van der Waals surface area (Å²) in [7, 11) is 0. The van der Waals surface area contributed by atoms with Crippen molar-refractivity contribution in [2.24, 2.45) is 5.10 Å². The summed E-state index contributed by atoms with van der Waals surface area (Å²) in [5.41, 5.74) is 2.66. The number of likely N-dealkylation sites (tertiary alicyclic amines) is 1. The highest BCUT2D eigenvalue weighted by Gasteiger charge is 2.35. The van der Waals surface area contributed by atoms with Crippen LogP contribution in [0.5, 0.6) is 0 Å². The van der Waals surface area contributed by atoms with Gasteiger partial charge in [-0.2, -0.15) is 5.10 Å². The van der Waals surface area contributed by atoms with Gasteiger partial charge in [-0.15, -0.1) is 0 Å². The third-order valence-electron chi connectivity index (χ3n) is 4.52. The molecule has 1 unspecified atom stereocenters. The van der Waals surface area contributed by atoms with Gasteiger partial charge in [0.1, 0.15) is 11.6 Å². The van der Waals surface area contributed by atoms with E-state index < -0.39 is 17.7 Å². The molecule has 2 amide bonds. The third-order valence-corrected chi connectivity index (χ3v) is 4.52. The summed E-state index contributed by atoms with van der Waals surface area (Å²) in [5.74, 6) is -1.31. The standard InChI is InChI=1S/C20H17F2N3O/c21-17-9-16(10-18(22)11-17)19-6-7-23-25(19)20(26)24-12-15(13-24)8-14-4-2-1-3-5-14/h1-5,7-11,19H,6,12-13H2. The van der Waals surface area contributed by atoms with Crippen molar-refractivity contribution in [1.82, 2.24) is 9.91 Å². The normalized spacial score (nSPS) is 18.8. The van der Waals surface area contributed by atoms with E-state index in [1.807, 2.05) is 30.3 Å². The molecule has 0 aliphatic carbocycles. The van der Waals surface area contributed by atoms with Gasteiger partial charge in [0.05, 0.1) is 6.04 Å². The van der Waals surface area contributed by atoms with Gasteiger partial charge in [0.25, 0.3) is 0 Å². The molecule has 2 aromatic rings. The van der Waals surface area contributed by atoms with Crippen molar-refractivity contribution in [1.29, 1.82) is 0 Å². The highest BCUT2D eigenvalue weighted by atomic mass is 19.1. The van der Waals surface area contributed by atoms with Gasteiger partial charge >= 0.3 is 6.03 Å². The molecule has 0 saturated carbocycles. The van der Waals surface area contributed by atoms with Crippen LogP contribution in [0.15, 0.2) is 59.2 Å². The zero-order valence-corrected chi connectivity index (χ0v) is 14.0. The molecule has 1 saturated heterocycles. The second-order valence-electron chi connectivity index (χ2n) is 6.45. The number of benzene rings is 2. The number of hydrogen-bond acceptors (Lipinski definition) is 2. The van der Waals surface area contributed by atoms with E-state index in [9.17, 15) is 13.6 Å². The molecule has 0 bridgehead atoms. The number of rotatable bonds is 2. The van der Waals surface area contributed by atoms with E-state index in [1.165, 1.54) is 17.1 Å². The molecule has 2 heterocycles. The van der Waals surface area contributed by atoms with Crippen LogP contribution in [0.25, 0.3) is 6.08 Å². The number of urea groups is 1. The van der Waals surface area contributed by atoms with Crippen molar-refractivity contribution >= 4 is 18.3 Å². The summed E-state index contributed by atoms with van der Waals surface area (Å²) in [4.78, 5) is 14.4. The fraction of sp³-hybridized carbons (Fsp3) is 0.200. The maximum Gasteiger partial charge on any atom is 0.341 e. The third kappa shape index (κ3) is 3.22. The average molecular weight is 353 g/mol. The molecule has 4 rings (SSSR count). The highest BCUT2D eigenvalue weighted by molar-refractivity contribution is 5.80. The van der Waals surface area contributed by atoms with Crippen molar-refractivity contribution in [3.05, 3.63) is 76.9 Å². The van der Waals surface area contributed by atoms with Crippen LogP contribution in [0.4, 0.5) is 13.6 Å². The molecular weight excluding hydrogens is 336 g/mol. The van der Waals surface area contributed by atoms with Crippen LogP contribution in [0.3, 0.4) is 0 Å². The molecule has 0 aromatic heterocycles. The molecule has 0 radical (unpaired) electrons. The quantitative estimate of drug-likeness (QED) is 0.796. The Balaban J connectivity index is 1.45. The lowest BCUT2D eigenvalue weighted by Crippen LogP contribution is -2.49. The summed E-state index contributed by atoms with van der Waals surface area (Å²) < 4.78 is 27.0. The van der Waals surface area contributed by atoms with Crippen LogP contribution >= 0.6 is 0 Å². The number of hydrogen-bond donors (Lipinski definition) is 0. The van der Waals surface area contributed by atoms with Crippen LogP contribution in [0, 0.1) is 11.6 Å². The molecule has 132 valence electrons. The molecular formula is C20H17F2N3O. The second kappa shape index (κ2) is 6.71. The zero-order chi connectivity index (χ0) is 18.1. The highest BCUT2D eigenvalue weighted by Crippen LogP contribution is 2.31. The van der Waals surface area contributed by atoms with Crippen LogP contribution in [-0.4, -0.2) is 35.2 Å². The lowest BCUT2D eigenvalue weighted by atomic mass is 10.0. The van der Waals surface area contributed by atoms with Crippen LogP contribution in [-0.2, 0) is 0 Å². The maximum absolute atomic E-state index is 13.5. The number of carbonyl (C=O) groups excluding carboxylic acids is 1. The van der Waals surface area contributed by atoms with Crippen molar-refractivity contribution in [3.63, 3.8) is 0 Å². The predicted molar refractivity (Wildman–Crippen MR) is 95.4 cm³/mol. The van der Waals surface area contributed by atoms with Crippen molar-refractivity contribution < 1.29 is 13.6 Å². The van der Waals surface area contributed by atoms with Gasteiger partial charge in [-0.25, -0.2) is 18.6 Å². The monoisotopic (exact) mass is 353 g/mol. The molecule has 2 aliphatic heterocycles. The van der Waals surface area contributed by atoms with E-state index in [4.69, 9.17) is 0 Å². The van der Waals surface area contributed by atoms with Crippen molar-refractivity contribution in [3.8, 4) is 0 Å². The zero-order valence-electron chi connectivity index (χ0n) is 14.0. The Bertz CT molecular complexity index is 867. The molecule has 6 heteroatoms. The fourth-order valence-electron chi connectivity index (χ4n) is 3.24. The van der Waals surface area contributed by atoms with Crippen LogP contribution in [0.2, 0.25) is 0 Å². The fourth-order valence-corrected chi connectivity index (χ4v) is 3.24. The number of halogens is 2. The Morgan fingerprint density at radius 1 is 1.08 bits per heavy atom. The van der Waals surface area contributed by atoms with Gasteiger partial charge in [0.15, 0.2) is 0 Å². The summed E-state index contributed by atoms with van der Waals surface area (Å²) >= 11 is 0. The van der Waals surface area contributed by atoms with Crippen molar-refractivity contribution in [2.75, 3.05) is 13.1 Å². The SMILES string of the molecule is O=C(N1CC(=Cc2ccccc2)C1)N1N=CCC1c1cc(F)cc(F)c1. The minimum Gasteiger partial charge on any atom is -0.315 e. The Kier molecular flexibility index (Phi) is 4.24. The molecule has 0 spiro atoms. The topological polar surface area (TPSA) is 35.9 Å². The van der Waals surface area contributed by atoms with E-state index in [2.05, 4.69) is 11.2 Å². The van der Waals surface area contributed by atoms with E-state index >= 15 is 0 Å². The van der Waals surface area contributed by atoms with Gasteiger partial charge in [-0.1, -0.05) is 36.4 Å².